The molecule has 1 aliphatic heterocycles. The van der Waals surface area contributed by atoms with Gasteiger partial charge in [0.05, 0.1) is 11.8 Å². The number of rotatable bonds is 8. The van der Waals surface area contributed by atoms with Gasteiger partial charge in [-0.15, -0.1) is 0 Å². The number of hydrogen-bond acceptors (Lipinski definition) is 5. The predicted molar refractivity (Wildman–Crippen MR) is 124 cm³/mol. The van der Waals surface area contributed by atoms with E-state index in [4.69, 9.17) is 0 Å². The number of hydrogen-bond donors (Lipinski definition) is 2. The van der Waals surface area contributed by atoms with Crippen LogP contribution in [0.4, 0.5) is 0 Å². The Kier molecular flexibility index (Phi) is 7.24. The zero-order valence-electron chi connectivity index (χ0n) is 18.4. The molecule has 2 N–H and O–H groups in total. The molecule has 2 heterocycles. The number of carbonyl (C=O) groups is 1. The van der Waals surface area contributed by atoms with Gasteiger partial charge in [0.15, 0.2) is 0 Å². The topological polar surface area (TPSA) is 78.4 Å². The number of amides is 1. The SMILES string of the molecule is CN(CCc1cnccn1)C(=O)c1ccc(C[C@@H]2CC[C@H]([C@H](O)c3ccccc3)N2)cc1. The summed E-state index contributed by atoms with van der Waals surface area (Å²) in [5, 5.41) is 14.2. The van der Waals surface area contributed by atoms with Gasteiger partial charge in [0.1, 0.15) is 0 Å². The molecule has 0 unspecified atom stereocenters. The van der Waals surface area contributed by atoms with E-state index in [1.54, 1.807) is 23.5 Å². The fraction of sp³-hybridized carbons (Fsp3) is 0.346. The molecule has 166 valence electrons. The molecule has 6 heteroatoms. The first-order valence-electron chi connectivity index (χ1n) is 11.2. The highest BCUT2D eigenvalue weighted by atomic mass is 16.3. The van der Waals surface area contributed by atoms with Crippen molar-refractivity contribution in [2.75, 3.05) is 13.6 Å². The van der Waals surface area contributed by atoms with Gasteiger partial charge in [-0.3, -0.25) is 14.8 Å². The van der Waals surface area contributed by atoms with Crippen LogP contribution in [0.25, 0.3) is 0 Å². The molecule has 1 aromatic heterocycles. The largest absolute Gasteiger partial charge is 0.387 e. The molecule has 0 bridgehead atoms. The van der Waals surface area contributed by atoms with Crippen LogP contribution in [-0.4, -0.2) is 51.6 Å². The van der Waals surface area contributed by atoms with Crippen LogP contribution < -0.4 is 5.32 Å². The van der Waals surface area contributed by atoms with Crippen LogP contribution >= 0.6 is 0 Å². The average Bonchev–Trinajstić information content (AvgIpc) is 3.31. The van der Waals surface area contributed by atoms with Crippen molar-refractivity contribution in [3.8, 4) is 0 Å². The van der Waals surface area contributed by atoms with Gasteiger partial charge >= 0.3 is 0 Å². The van der Waals surface area contributed by atoms with E-state index in [9.17, 15) is 9.90 Å². The Hall–Kier alpha value is -3.09. The third-order valence-electron chi connectivity index (χ3n) is 6.15. The van der Waals surface area contributed by atoms with Crippen molar-refractivity contribution in [2.24, 2.45) is 0 Å². The Labute approximate surface area is 189 Å². The lowest BCUT2D eigenvalue weighted by Gasteiger charge is -2.20. The minimum atomic E-state index is -0.487. The van der Waals surface area contributed by atoms with Gasteiger partial charge in [-0.1, -0.05) is 42.5 Å². The van der Waals surface area contributed by atoms with Gasteiger partial charge in [-0.2, -0.15) is 0 Å². The molecule has 1 saturated heterocycles. The van der Waals surface area contributed by atoms with Crippen LogP contribution in [0.3, 0.4) is 0 Å². The highest BCUT2D eigenvalue weighted by Crippen LogP contribution is 2.26. The monoisotopic (exact) mass is 430 g/mol. The van der Waals surface area contributed by atoms with E-state index in [2.05, 4.69) is 15.3 Å². The van der Waals surface area contributed by atoms with Gasteiger partial charge in [0, 0.05) is 56.3 Å². The number of aliphatic hydroxyl groups excluding tert-OH is 1. The number of likely N-dealkylation sites (N-methyl/N-ethyl adjacent to an activating group) is 1. The maximum Gasteiger partial charge on any atom is 0.253 e. The van der Waals surface area contributed by atoms with Gasteiger partial charge in [0.25, 0.3) is 5.91 Å². The molecule has 32 heavy (non-hydrogen) atoms. The molecular weight excluding hydrogens is 400 g/mol. The van der Waals surface area contributed by atoms with Crippen molar-refractivity contribution >= 4 is 5.91 Å². The first-order valence-corrected chi connectivity index (χ1v) is 11.2. The minimum Gasteiger partial charge on any atom is -0.387 e. The Morgan fingerprint density at radius 1 is 1.12 bits per heavy atom. The molecule has 1 aliphatic rings. The van der Waals surface area contributed by atoms with Crippen LogP contribution in [-0.2, 0) is 12.8 Å². The predicted octanol–water partition coefficient (Wildman–Crippen LogP) is 3.19. The maximum absolute atomic E-state index is 12.7. The molecule has 1 fully saturated rings. The van der Waals surface area contributed by atoms with Gasteiger partial charge in [-0.25, -0.2) is 0 Å². The van der Waals surface area contributed by atoms with E-state index in [0.29, 0.717) is 24.6 Å². The lowest BCUT2D eigenvalue weighted by atomic mass is 10.0. The van der Waals surface area contributed by atoms with E-state index in [1.807, 2.05) is 61.6 Å². The van der Waals surface area contributed by atoms with E-state index in [1.165, 1.54) is 5.56 Å². The summed E-state index contributed by atoms with van der Waals surface area (Å²) in [5.74, 6) is 0.00507. The van der Waals surface area contributed by atoms with Crippen molar-refractivity contribution in [3.05, 3.63) is 95.6 Å². The van der Waals surface area contributed by atoms with Crippen LogP contribution in [0, 0.1) is 0 Å². The standard InChI is InChI=1S/C26H30N4O2/c1-30(16-13-23-18-27-14-15-28-23)26(32)21-9-7-19(8-10-21)17-22-11-12-24(29-22)25(31)20-5-3-2-4-6-20/h2-10,14-15,18,22,24-25,29,31H,11-13,16-17H2,1H3/t22-,24+,25+/m0/s1. The molecule has 0 spiro atoms. The Morgan fingerprint density at radius 2 is 1.91 bits per heavy atom. The van der Waals surface area contributed by atoms with Gasteiger partial charge in [0.2, 0.25) is 0 Å². The summed E-state index contributed by atoms with van der Waals surface area (Å²) in [7, 11) is 1.81. The third kappa shape index (κ3) is 5.58. The molecule has 3 atom stereocenters. The second-order valence-corrected chi connectivity index (χ2v) is 8.48. The smallest absolute Gasteiger partial charge is 0.253 e. The summed E-state index contributed by atoms with van der Waals surface area (Å²) < 4.78 is 0. The molecule has 3 aromatic rings. The van der Waals surface area contributed by atoms with E-state index >= 15 is 0 Å². The number of carbonyl (C=O) groups excluding carboxylic acids is 1. The third-order valence-corrected chi connectivity index (χ3v) is 6.15. The van der Waals surface area contributed by atoms with Crippen LogP contribution in [0.1, 0.15) is 46.1 Å². The zero-order valence-corrected chi connectivity index (χ0v) is 18.4. The van der Waals surface area contributed by atoms with Crippen molar-refractivity contribution in [1.29, 1.82) is 0 Å². The summed E-state index contributed by atoms with van der Waals surface area (Å²) in [4.78, 5) is 22.8. The molecule has 0 radical (unpaired) electrons. The van der Waals surface area contributed by atoms with Crippen molar-refractivity contribution in [1.82, 2.24) is 20.2 Å². The fourth-order valence-electron chi connectivity index (χ4n) is 4.27. The number of benzene rings is 2. The molecule has 6 nitrogen and oxygen atoms in total. The summed E-state index contributed by atoms with van der Waals surface area (Å²) in [6, 6.07) is 18.1. The summed E-state index contributed by atoms with van der Waals surface area (Å²) >= 11 is 0. The minimum absolute atomic E-state index is 0.00507. The summed E-state index contributed by atoms with van der Waals surface area (Å²) in [6.45, 7) is 0.594. The first-order chi connectivity index (χ1) is 15.6. The highest BCUT2D eigenvalue weighted by Gasteiger charge is 2.29. The normalized spacial score (nSPS) is 18.9. The number of nitrogens with one attached hydrogen (secondary N) is 1. The fourth-order valence-corrected chi connectivity index (χ4v) is 4.27. The number of nitrogens with zero attached hydrogens (tertiary/aromatic N) is 3. The summed E-state index contributed by atoms with van der Waals surface area (Å²) in [6.07, 6.45) is 8.10. The zero-order chi connectivity index (χ0) is 22.3. The second kappa shape index (κ2) is 10.5. The van der Waals surface area contributed by atoms with Crippen LogP contribution in [0.5, 0.6) is 0 Å². The van der Waals surface area contributed by atoms with E-state index in [-0.39, 0.29) is 11.9 Å². The van der Waals surface area contributed by atoms with Crippen LogP contribution in [0.15, 0.2) is 73.2 Å². The molecule has 0 aliphatic carbocycles. The van der Waals surface area contributed by atoms with Gasteiger partial charge < -0.3 is 15.3 Å². The second-order valence-electron chi connectivity index (χ2n) is 8.48. The molecule has 4 rings (SSSR count). The van der Waals surface area contributed by atoms with Crippen LogP contribution in [0.2, 0.25) is 0 Å². The Bertz CT molecular complexity index is 995. The van der Waals surface area contributed by atoms with Crippen molar-refractivity contribution in [2.45, 2.75) is 43.9 Å². The Morgan fingerprint density at radius 3 is 2.62 bits per heavy atom. The lowest BCUT2D eigenvalue weighted by Crippen LogP contribution is -2.35. The first kappa shape index (κ1) is 22.1. The quantitative estimate of drug-likeness (QED) is 0.574. The lowest BCUT2D eigenvalue weighted by molar-refractivity contribution is 0.0796. The number of aromatic nitrogens is 2. The number of aliphatic hydroxyl groups is 1. The molecule has 1 amide bonds. The van der Waals surface area contributed by atoms with E-state index in [0.717, 1.165) is 30.5 Å². The molecule has 2 aromatic carbocycles. The van der Waals surface area contributed by atoms with Crippen molar-refractivity contribution < 1.29 is 9.90 Å². The molecular formula is C26H30N4O2. The van der Waals surface area contributed by atoms with Gasteiger partial charge in [-0.05, 0) is 42.5 Å². The van der Waals surface area contributed by atoms with Crippen molar-refractivity contribution in [3.63, 3.8) is 0 Å². The maximum atomic E-state index is 12.7. The summed E-state index contributed by atoms with van der Waals surface area (Å²) in [5.41, 5.74) is 3.71. The van der Waals surface area contributed by atoms with E-state index < -0.39 is 6.10 Å². The Balaban J connectivity index is 1.28. The average molecular weight is 431 g/mol. The molecule has 0 saturated carbocycles. The highest BCUT2D eigenvalue weighted by molar-refractivity contribution is 5.94.